The molecule has 0 saturated carbocycles. The van der Waals surface area contributed by atoms with E-state index in [0.29, 0.717) is 23.1 Å². The number of nitrogens with one attached hydrogen (secondary N) is 2. The molecule has 0 spiro atoms. The third-order valence-corrected chi connectivity index (χ3v) is 3.00. The average Bonchev–Trinajstić information content (AvgIpc) is 2.84. The second kappa shape index (κ2) is 6.58. The lowest BCUT2D eigenvalue weighted by molar-refractivity contribution is 0.102. The van der Waals surface area contributed by atoms with E-state index >= 15 is 0 Å². The second-order valence-electron chi connectivity index (χ2n) is 5.06. The molecule has 0 saturated heterocycles. The summed E-state index contributed by atoms with van der Waals surface area (Å²) < 4.78 is 1.77. The Morgan fingerprint density at radius 3 is 2.86 bits per heavy atom. The predicted molar refractivity (Wildman–Crippen MR) is 83.8 cm³/mol. The normalized spacial score (nSPS) is 10.7. The molecule has 7 heteroatoms. The number of anilines is 2. The number of aromatic nitrogens is 3. The summed E-state index contributed by atoms with van der Waals surface area (Å²) >= 11 is 5.91. The molecule has 0 aliphatic rings. The highest BCUT2D eigenvalue weighted by Gasteiger charge is 2.12. The number of pyridine rings is 1. The molecule has 0 unspecified atom stereocenters. The van der Waals surface area contributed by atoms with Crippen LogP contribution in [-0.4, -0.2) is 27.7 Å². The fraction of sp³-hybridized carbons (Fsp3) is 0.357. The molecular formula is C14H18ClN5O. The summed E-state index contributed by atoms with van der Waals surface area (Å²) in [5.74, 6) is 1.39. The monoisotopic (exact) mass is 307 g/mol. The van der Waals surface area contributed by atoms with Crippen LogP contribution in [0.25, 0.3) is 0 Å². The molecule has 2 heterocycles. The van der Waals surface area contributed by atoms with Crippen molar-refractivity contribution in [1.29, 1.82) is 0 Å². The SMILES string of the molecule is CNc1cc(C(=O)Nc2ccnn2CC(C)C)cc(Cl)n1. The first-order chi connectivity index (χ1) is 9.99. The van der Waals surface area contributed by atoms with E-state index in [-0.39, 0.29) is 11.1 Å². The lowest BCUT2D eigenvalue weighted by atomic mass is 10.2. The summed E-state index contributed by atoms with van der Waals surface area (Å²) in [6.07, 6.45) is 1.66. The van der Waals surface area contributed by atoms with Gasteiger partial charge in [-0.3, -0.25) is 4.79 Å². The van der Waals surface area contributed by atoms with Gasteiger partial charge in [0.15, 0.2) is 0 Å². The number of rotatable bonds is 5. The first-order valence-corrected chi connectivity index (χ1v) is 7.06. The Labute approximate surface area is 128 Å². The zero-order valence-corrected chi connectivity index (χ0v) is 13.0. The molecule has 0 aliphatic carbocycles. The molecule has 0 fully saturated rings. The Morgan fingerprint density at radius 1 is 1.43 bits per heavy atom. The maximum atomic E-state index is 12.3. The van der Waals surface area contributed by atoms with Crippen LogP contribution in [0.2, 0.25) is 5.15 Å². The Morgan fingerprint density at radius 2 is 2.19 bits per heavy atom. The molecule has 2 N–H and O–H groups in total. The molecule has 2 aromatic heterocycles. The van der Waals surface area contributed by atoms with Crippen LogP contribution in [-0.2, 0) is 6.54 Å². The summed E-state index contributed by atoms with van der Waals surface area (Å²) in [5, 5.41) is 10.2. The molecule has 2 rings (SSSR count). The van der Waals surface area contributed by atoms with E-state index in [2.05, 4.69) is 34.6 Å². The number of carbonyl (C=O) groups is 1. The van der Waals surface area contributed by atoms with Crippen LogP contribution in [0.4, 0.5) is 11.6 Å². The van der Waals surface area contributed by atoms with Crippen LogP contribution in [0.1, 0.15) is 24.2 Å². The van der Waals surface area contributed by atoms with E-state index in [1.165, 1.54) is 6.07 Å². The van der Waals surface area contributed by atoms with Gasteiger partial charge in [-0.25, -0.2) is 9.67 Å². The molecule has 112 valence electrons. The van der Waals surface area contributed by atoms with Gasteiger partial charge in [0.25, 0.3) is 5.91 Å². The summed E-state index contributed by atoms with van der Waals surface area (Å²) in [7, 11) is 1.72. The molecule has 0 aromatic carbocycles. The third kappa shape index (κ3) is 3.95. The number of hydrogen-bond donors (Lipinski definition) is 2. The van der Waals surface area contributed by atoms with E-state index in [9.17, 15) is 4.79 Å². The van der Waals surface area contributed by atoms with Crippen molar-refractivity contribution in [2.24, 2.45) is 5.92 Å². The smallest absolute Gasteiger partial charge is 0.257 e. The van der Waals surface area contributed by atoms with Gasteiger partial charge in [-0.1, -0.05) is 25.4 Å². The Kier molecular flexibility index (Phi) is 4.80. The fourth-order valence-corrected chi connectivity index (χ4v) is 2.08. The molecule has 6 nitrogen and oxygen atoms in total. The van der Waals surface area contributed by atoms with E-state index in [1.54, 1.807) is 30.1 Å². The van der Waals surface area contributed by atoms with Gasteiger partial charge in [0.2, 0.25) is 0 Å². The molecule has 21 heavy (non-hydrogen) atoms. The van der Waals surface area contributed by atoms with Crippen molar-refractivity contribution in [2.45, 2.75) is 20.4 Å². The van der Waals surface area contributed by atoms with Crippen LogP contribution in [0, 0.1) is 5.92 Å². The van der Waals surface area contributed by atoms with Crippen LogP contribution in [0.15, 0.2) is 24.4 Å². The minimum Gasteiger partial charge on any atom is -0.373 e. The van der Waals surface area contributed by atoms with E-state index < -0.39 is 0 Å². The Bertz CT molecular complexity index is 638. The van der Waals surface area contributed by atoms with E-state index in [0.717, 1.165) is 6.54 Å². The average molecular weight is 308 g/mol. The van der Waals surface area contributed by atoms with Crippen molar-refractivity contribution in [2.75, 3.05) is 17.7 Å². The summed E-state index contributed by atoms with van der Waals surface area (Å²) in [4.78, 5) is 16.3. The number of amides is 1. The first-order valence-electron chi connectivity index (χ1n) is 6.68. The van der Waals surface area contributed by atoms with Crippen LogP contribution in [0.5, 0.6) is 0 Å². The minimum atomic E-state index is -0.249. The first kappa shape index (κ1) is 15.3. The predicted octanol–water partition coefficient (Wildman–Crippen LogP) is 2.88. The second-order valence-corrected chi connectivity index (χ2v) is 5.45. The van der Waals surface area contributed by atoms with Gasteiger partial charge in [0.1, 0.15) is 16.8 Å². The Balaban J connectivity index is 2.18. The fourth-order valence-electron chi connectivity index (χ4n) is 1.87. The lowest BCUT2D eigenvalue weighted by Gasteiger charge is -2.11. The standard InChI is InChI=1S/C14H18ClN5O/c1-9(2)8-20-13(4-5-17-20)19-14(21)10-6-11(15)18-12(7-10)16-3/h4-7,9H,8H2,1-3H3,(H,16,18)(H,19,21). The van der Waals surface area contributed by atoms with Crippen molar-refractivity contribution in [3.05, 3.63) is 35.1 Å². The molecular weight excluding hydrogens is 290 g/mol. The van der Waals surface area contributed by atoms with Crippen LogP contribution < -0.4 is 10.6 Å². The van der Waals surface area contributed by atoms with Gasteiger partial charge >= 0.3 is 0 Å². The summed E-state index contributed by atoms with van der Waals surface area (Å²) in [6.45, 7) is 4.92. The Hall–Kier alpha value is -2.08. The lowest BCUT2D eigenvalue weighted by Crippen LogP contribution is -2.17. The van der Waals surface area contributed by atoms with Gasteiger partial charge in [-0.05, 0) is 18.1 Å². The maximum absolute atomic E-state index is 12.3. The number of carbonyl (C=O) groups excluding carboxylic acids is 1. The van der Waals surface area contributed by atoms with Gasteiger partial charge < -0.3 is 10.6 Å². The zero-order chi connectivity index (χ0) is 15.4. The largest absolute Gasteiger partial charge is 0.373 e. The van der Waals surface area contributed by atoms with Gasteiger partial charge in [0.05, 0.1) is 6.20 Å². The third-order valence-electron chi connectivity index (χ3n) is 2.81. The van der Waals surface area contributed by atoms with Crippen molar-refractivity contribution in [1.82, 2.24) is 14.8 Å². The minimum absolute atomic E-state index is 0.249. The maximum Gasteiger partial charge on any atom is 0.257 e. The molecule has 0 radical (unpaired) electrons. The summed E-state index contributed by atoms with van der Waals surface area (Å²) in [5.41, 5.74) is 0.441. The van der Waals surface area contributed by atoms with E-state index in [1.807, 2.05) is 0 Å². The van der Waals surface area contributed by atoms with Gasteiger partial charge in [0, 0.05) is 25.2 Å². The summed E-state index contributed by atoms with van der Waals surface area (Å²) in [6, 6.07) is 4.94. The van der Waals surface area contributed by atoms with Crippen LogP contribution in [0.3, 0.4) is 0 Å². The van der Waals surface area contributed by atoms with Crippen molar-refractivity contribution < 1.29 is 4.79 Å². The quantitative estimate of drug-likeness (QED) is 0.833. The molecule has 1 amide bonds. The van der Waals surface area contributed by atoms with Crippen molar-refractivity contribution in [3.8, 4) is 0 Å². The van der Waals surface area contributed by atoms with Crippen molar-refractivity contribution in [3.63, 3.8) is 0 Å². The topological polar surface area (TPSA) is 71.8 Å². The number of nitrogens with zero attached hydrogens (tertiary/aromatic N) is 3. The highest BCUT2D eigenvalue weighted by atomic mass is 35.5. The number of hydrogen-bond acceptors (Lipinski definition) is 4. The highest BCUT2D eigenvalue weighted by molar-refractivity contribution is 6.30. The molecule has 0 aliphatic heterocycles. The van der Waals surface area contributed by atoms with Crippen LogP contribution >= 0.6 is 11.6 Å². The van der Waals surface area contributed by atoms with Gasteiger partial charge in [-0.2, -0.15) is 5.10 Å². The van der Waals surface area contributed by atoms with Crippen molar-refractivity contribution >= 4 is 29.1 Å². The highest BCUT2D eigenvalue weighted by Crippen LogP contribution is 2.16. The van der Waals surface area contributed by atoms with Gasteiger partial charge in [-0.15, -0.1) is 0 Å². The molecule has 0 atom stereocenters. The zero-order valence-electron chi connectivity index (χ0n) is 12.2. The number of halogens is 1. The molecule has 2 aromatic rings. The van der Waals surface area contributed by atoms with E-state index in [4.69, 9.17) is 11.6 Å². The molecule has 0 bridgehead atoms.